The summed E-state index contributed by atoms with van der Waals surface area (Å²) in [5, 5.41) is 10.6. The Labute approximate surface area is 193 Å². The number of rotatable bonds is 7. The van der Waals surface area contributed by atoms with Gasteiger partial charge in [0, 0.05) is 25.1 Å². The number of alkyl halides is 3. The SMILES string of the molecule is O=C1CCC(OC(=O)NC2(C(=O)NCc3ccc(Nc4ccccc4C(F)(F)F)cc3)CC2)N1. The van der Waals surface area contributed by atoms with Crippen LogP contribution in [-0.2, 0) is 27.0 Å². The van der Waals surface area contributed by atoms with Gasteiger partial charge in [-0.2, -0.15) is 13.2 Å². The summed E-state index contributed by atoms with van der Waals surface area (Å²) in [5.41, 5.74) is -0.657. The van der Waals surface area contributed by atoms with Crippen LogP contribution in [0.2, 0.25) is 0 Å². The van der Waals surface area contributed by atoms with Crippen LogP contribution < -0.4 is 21.3 Å². The molecule has 1 saturated carbocycles. The molecule has 1 atom stereocenters. The minimum absolute atomic E-state index is 0.0538. The molecule has 2 aliphatic rings. The third kappa shape index (κ3) is 5.59. The number of carbonyl (C=O) groups is 3. The minimum Gasteiger partial charge on any atom is -0.426 e. The van der Waals surface area contributed by atoms with Crippen LogP contribution in [0.3, 0.4) is 0 Å². The Morgan fingerprint density at radius 2 is 1.79 bits per heavy atom. The Hall–Kier alpha value is -3.76. The number of hydrogen-bond acceptors (Lipinski definition) is 5. The second kappa shape index (κ2) is 9.24. The number of anilines is 2. The van der Waals surface area contributed by atoms with Gasteiger partial charge in [-0.15, -0.1) is 0 Å². The predicted molar refractivity (Wildman–Crippen MR) is 116 cm³/mol. The van der Waals surface area contributed by atoms with Crippen molar-refractivity contribution in [1.29, 1.82) is 0 Å². The molecule has 1 saturated heterocycles. The Bertz CT molecular complexity index is 1080. The molecule has 1 aliphatic carbocycles. The fourth-order valence-corrected chi connectivity index (χ4v) is 3.61. The minimum atomic E-state index is -4.47. The number of para-hydroxylation sites is 1. The van der Waals surface area contributed by atoms with E-state index < -0.39 is 29.6 Å². The van der Waals surface area contributed by atoms with E-state index in [9.17, 15) is 27.6 Å². The molecule has 0 spiro atoms. The summed E-state index contributed by atoms with van der Waals surface area (Å²) >= 11 is 0. The van der Waals surface area contributed by atoms with Crippen molar-refractivity contribution < 1.29 is 32.3 Å². The number of nitrogens with one attached hydrogen (secondary N) is 4. The molecule has 0 radical (unpaired) electrons. The number of hydrogen-bond donors (Lipinski definition) is 4. The quantitative estimate of drug-likeness (QED) is 0.489. The lowest BCUT2D eigenvalue weighted by Gasteiger charge is -2.19. The molecule has 2 aromatic carbocycles. The Morgan fingerprint density at radius 3 is 2.41 bits per heavy atom. The molecule has 1 heterocycles. The van der Waals surface area contributed by atoms with Crippen LogP contribution in [0.15, 0.2) is 48.5 Å². The monoisotopic (exact) mass is 476 g/mol. The molecule has 34 heavy (non-hydrogen) atoms. The lowest BCUT2D eigenvalue weighted by molar-refractivity contribution is -0.137. The van der Waals surface area contributed by atoms with E-state index in [1.165, 1.54) is 18.2 Å². The first-order valence-corrected chi connectivity index (χ1v) is 10.7. The summed E-state index contributed by atoms with van der Waals surface area (Å²) in [7, 11) is 0. The number of halogens is 3. The highest BCUT2D eigenvalue weighted by atomic mass is 19.4. The molecule has 8 nitrogen and oxygen atoms in total. The second-order valence-electron chi connectivity index (χ2n) is 8.26. The number of benzene rings is 2. The van der Waals surface area contributed by atoms with Gasteiger partial charge >= 0.3 is 12.3 Å². The summed E-state index contributed by atoms with van der Waals surface area (Å²) in [4.78, 5) is 35.9. The van der Waals surface area contributed by atoms with Crippen molar-refractivity contribution in [3.05, 3.63) is 59.7 Å². The molecule has 4 N–H and O–H groups in total. The van der Waals surface area contributed by atoms with E-state index in [1.54, 1.807) is 24.3 Å². The lowest BCUT2D eigenvalue weighted by Crippen LogP contribution is -2.50. The van der Waals surface area contributed by atoms with Crippen molar-refractivity contribution in [1.82, 2.24) is 16.0 Å². The lowest BCUT2D eigenvalue weighted by atomic mass is 10.1. The van der Waals surface area contributed by atoms with E-state index in [4.69, 9.17) is 4.74 Å². The van der Waals surface area contributed by atoms with Gasteiger partial charge in [-0.05, 0) is 42.7 Å². The molecular weight excluding hydrogens is 453 g/mol. The highest BCUT2D eigenvalue weighted by molar-refractivity contribution is 5.92. The summed E-state index contributed by atoms with van der Waals surface area (Å²) in [6.07, 6.45) is -4.34. The molecule has 2 fully saturated rings. The Kier molecular flexibility index (Phi) is 6.36. The third-order valence-electron chi connectivity index (χ3n) is 5.65. The summed E-state index contributed by atoms with van der Waals surface area (Å²) in [5.74, 6) is -0.552. The van der Waals surface area contributed by atoms with Crippen LogP contribution in [0.4, 0.5) is 29.3 Å². The maximum absolute atomic E-state index is 13.2. The zero-order valence-electron chi connectivity index (χ0n) is 18.0. The maximum atomic E-state index is 13.2. The topological polar surface area (TPSA) is 109 Å². The van der Waals surface area contributed by atoms with Crippen LogP contribution in [-0.4, -0.2) is 29.7 Å². The predicted octanol–water partition coefficient (Wildman–Crippen LogP) is 3.56. The van der Waals surface area contributed by atoms with Crippen molar-refractivity contribution in [2.24, 2.45) is 0 Å². The molecule has 11 heteroatoms. The van der Waals surface area contributed by atoms with Gasteiger partial charge in [0.2, 0.25) is 11.8 Å². The van der Waals surface area contributed by atoms with Crippen LogP contribution in [0.5, 0.6) is 0 Å². The number of carbonyl (C=O) groups excluding carboxylic acids is 3. The van der Waals surface area contributed by atoms with E-state index in [2.05, 4.69) is 21.3 Å². The van der Waals surface area contributed by atoms with Crippen molar-refractivity contribution in [3.8, 4) is 0 Å². The van der Waals surface area contributed by atoms with E-state index >= 15 is 0 Å². The standard InChI is InChI=1S/C23H23F3N4O4/c24-23(25,26)16-3-1-2-4-17(16)28-15-7-5-14(6-8-15)13-27-20(32)22(11-12-22)30-21(33)34-19-10-9-18(31)29-19/h1-8,19,28H,9-13H2,(H,27,32)(H,29,31)(H,30,33). The normalized spacial score (nSPS) is 18.6. The number of ether oxygens (including phenoxy) is 1. The second-order valence-corrected chi connectivity index (χ2v) is 8.26. The number of alkyl carbamates (subject to hydrolysis) is 1. The highest BCUT2D eigenvalue weighted by Gasteiger charge is 2.51. The fraction of sp³-hybridized carbons (Fsp3) is 0.348. The molecule has 1 aliphatic heterocycles. The molecule has 3 amide bonds. The first kappa shape index (κ1) is 23.4. The van der Waals surface area contributed by atoms with Crippen molar-refractivity contribution in [2.75, 3.05) is 5.32 Å². The first-order valence-electron chi connectivity index (χ1n) is 10.7. The van der Waals surface area contributed by atoms with E-state index in [-0.39, 0.29) is 30.5 Å². The van der Waals surface area contributed by atoms with E-state index in [0.29, 0.717) is 24.9 Å². The van der Waals surface area contributed by atoms with Gasteiger partial charge in [-0.3, -0.25) is 9.59 Å². The van der Waals surface area contributed by atoms with Crippen LogP contribution in [0.25, 0.3) is 0 Å². The van der Waals surface area contributed by atoms with Gasteiger partial charge in [0.25, 0.3) is 0 Å². The first-order chi connectivity index (χ1) is 16.1. The summed E-state index contributed by atoms with van der Waals surface area (Å²) < 4.78 is 44.6. The van der Waals surface area contributed by atoms with Gasteiger partial charge < -0.3 is 26.0 Å². The van der Waals surface area contributed by atoms with Gasteiger partial charge in [0.15, 0.2) is 6.23 Å². The molecule has 0 bridgehead atoms. The molecular formula is C23H23F3N4O4. The average Bonchev–Trinajstić information content (AvgIpc) is 3.46. The summed E-state index contributed by atoms with van der Waals surface area (Å²) in [6, 6.07) is 11.8. The number of amides is 3. The van der Waals surface area contributed by atoms with Gasteiger partial charge in [0.05, 0.1) is 11.3 Å². The van der Waals surface area contributed by atoms with Crippen molar-refractivity contribution in [3.63, 3.8) is 0 Å². The van der Waals surface area contributed by atoms with Crippen LogP contribution in [0, 0.1) is 0 Å². The zero-order valence-corrected chi connectivity index (χ0v) is 18.0. The molecule has 4 rings (SSSR count). The molecule has 2 aromatic rings. The average molecular weight is 476 g/mol. The molecule has 1 unspecified atom stereocenters. The van der Waals surface area contributed by atoms with E-state index in [0.717, 1.165) is 11.6 Å². The molecule has 0 aromatic heterocycles. The third-order valence-corrected chi connectivity index (χ3v) is 5.65. The van der Waals surface area contributed by atoms with Gasteiger partial charge in [-0.1, -0.05) is 24.3 Å². The van der Waals surface area contributed by atoms with Crippen molar-refractivity contribution >= 4 is 29.3 Å². The van der Waals surface area contributed by atoms with Gasteiger partial charge in [-0.25, -0.2) is 4.79 Å². The van der Waals surface area contributed by atoms with E-state index in [1.807, 2.05) is 0 Å². The Morgan fingerprint density at radius 1 is 1.09 bits per heavy atom. The van der Waals surface area contributed by atoms with Crippen LogP contribution >= 0.6 is 0 Å². The maximum Gasteiger partial charge on any atom is 0.418 e. The highest BCUT2D eigenvalue weighted by Crippen LogP contribution is 2.37. The van der Waals surface area contributed by atoms with Gasteiger partial charge in [0.1, 0.15) is 5.54 Å². The zero-order chi connectivity index (χ0) is 24.3. The molecule has 180 valence electrons. The Balaban J connectivity index is 1.28. The van der Waals surface area contributed by atoms with Crippen LogP contribution in [0.1, 0.15) is 36.8 Å². The largest absolute Gasteiger partial charge is 0.426 e. The fourth-order valence-electron chi connectivity index (χ4n) is 3.61. The van der Waals surface area contributed by atoms with Crippen molar-refractivity contribution in [2.45, 2.75) is 50.2 Å². The summed E-state index contributed by atoms with van der Waals surface area (Å²) in [6.45, 7) is 0.176. The smallest absolute Gasteiger partial charge is 0.418 e.